The molecule has 0 saturated heterocycles. The van der Waals surface area contributed by atoms with Crippen molar-refractivity contribution in [3.63, 3.8) is 0 Å². The number of hydrogen-bond acceptors (Lipinski definition) is 7. The van der Waals surface area contributed by atoms with Crippen molar-refractivity contribution in [3.8, 4) is 22.9 Å². The number of aromatic nitrogens is 3. The van der Waals surface area contributed by atoms with Crippen LogP contribution in [0.4, 0.5) is 0 Å². The highest BCUT2D eigenvalue weighted by Gasteiger charge is 2.14. The van der Waals surface area contributed by atoms with E-state index < -0.39 is 0 Å². The molecule has 0 atom stereocenters. The topological polar surface area (TPSA) is 90.6 Å². The smallest absolute Gasteiger partial charge is 0.250 e. The van der Waals surface area contributed by atoms with Gasteiger partial charge in [0, 0.05) is 28.8 Å². The molecule has 162 valence electrons. The highest BCUT2D eigenvalue weighted by atomic mass is 35.5. The molecule has 0 fully saturated rings. The fourth-order valence-corrected chi connectivity index (χ4v) is 3.68. The maximum Gasteiger partial charge on any atom is 0.250 e. The highest BCUT2D eigenvalue weighted by molar-refractivity contribution is 7.99. The molecule has 0 bridgehead atoms. The lowest BCUT2D eigenvalue weighted by Gasteiger charge is -2.07. The molecule has 31 heavy (non-hydrogen) atoms. The quantitative estimate of drug-likeness (QED) is 0.296. The third-order valence-electron chi connectivity index (χ3n) is 4.30. The second kappa shape index (κ2) is 10.8. The van der Waals surface area contributed by atoms with Crippen LogP contribution in [0.5, 0.6) is 11.5 Å². The Morgan fingerprint density at radius 1 is 1.19 bits per heavy atom. The lowest BCUT2D eigenvalue weighted by Crippen LogP contribution is -2.20. The van der Waals surface area contributed by atoms with Gasteiger partial charge in [-0.3, -0.25) is 4.79 Å². The maximum atomic E-state index is 12.2. The number of hydrogen-bond donors (Lipinski definition) is 1. The zero-order valence-corrected chi connectivity index (χ0v) is 18.9. The Morgan fingerprint density at radius 2 is 1.97 bits per heavy atom. The first-order chi connectivity index (χ1) is 15.0. The molecule has 0 unspecified atom stereocenters. The molecule has 0 aliphatic heterocycles. The lowest BCUT2D eigenvalue weighted by molar-refractivity contribution is -0.118. The molecule has 0 aliphatic carbocycles. The number of carbonyl (C=O) groups is 1. The van der Waals surface area contributed by atoms with Crippen LogP contribution >= 0.6 is 23.4 Å². The SMILES string of the molecule is CCn1c(SCC(=O)NN=Cc2ccc(OC)cc2OC)nnc1-c1ccc(Cl)cc1. The molecule has 1 heterocycles. The minimum absolute atomic E-state index is 0.149. The Labute approximate surface area is 189 Å². The van der Waals surface area contributed by atoms with Gasteiger partial charge in [-0.2, -0.15) is 5.10 Å². The molecule has 2 aromatic carbocycles. The van der Waals surface area contributed by atoms with E-state index in [1.165, 1.54) is 18.0 Å². The first-order valence-electron chi connectivity index (χ1n) is 9.41. The van der Waals surface area contributed by atoms with Crippen LogP contribution in [-0.4, -0.2) is 46.9 Å². The predicted molar refractivity (Wildman–Crippen MR) is 122 cm³/mol. The van der Waals surface area contributed by atoms with Gasteiger partial charge in [0.05, 0.1) is 26.2 Å². The molecule has 1 N–H and O–H groups in total. The third-order valence-corrected chi connectivity index (χ3v) is 5.52. The van der Waals surface area contributed by atoms with Crippen molar-refractivity contribution in [2.75, 3.05) is 20.0 Å². The summed E-state index contributed by atoms with van der Waals surface area (Å²) < 4.78 is 12.4. The van der Waals surface area contributed by atoms with E-state index in [2.05, 4.69) is 20.7 Å². The molecular weight excluding hydrogens is 438 g/mol. The van der Waals surface area contributed by atoms with Crippen molar-refractivity contribution in [3.05, 3.63) is 53.1 Å². The summed E-state index contributed by atoms with van der Waals surface area (Å²) in [7, 11) is 3.14. The summed E-state index contributed by atoms with van der Waals surface area (Å²) in [6, 6.07) is 12.7. The molecule has 0 radical (unpaired) electrons. The molecule has 8 nitrogen and oxygen atoms in total. The van der Waals surface area contributed by atoms with Gasteiger partial charge in [-0.25, -0.2) is 5.43 Å². The third kappa shape index (κ3) is 5.77. The van der Waals surface area contributed by atoms with Gasteiger partial charge in [0.15, 0.2) is 11.0 Å². The molecule has 3 aromatic rings. The summed E-state index contributed by atoms with van der Waals surface area (Å²) in [4.78, 5) is 12.2. The van der Waals surface area contributed by atoms with Gasteiger partial charge >= 0.3 is 0 Å². The van der Waals surface area contributed by atoms with Gasteiger partial charge in [0.2, 0.25) is 0 Å². The Morgan fingerprint density at radius 3 is 2.65 bits per heavy atom. The number of methoxy groups -OCH3 is 2. The largest absolute Gasteiger partial charge is 0.497 e. The minimum Gasteiger partial charge on any atom is -0.497 e. The number of ether oxygens (including phenoxy) is 2. The summed E-state index contributed by atoms with van der Waals surface area (Å²) >= 11 is 7.25. The van der Waals surface area contributed by atoms with Crippen molar-refractivity contribution >= 4 is 35.5 Å². The average molecular weight is 460 g/mol. The molecule has 0 saturated carbocycles. The van der Waals surface area contributed by atoms with Gasteiger partial charge in [-0.1, -0.05) is 23.4 Å². The summed E-state index contributed by atoms with van der Waals surface area (Å²) in [5.74, 6) is 1.89. The van der Waals surface area contributed by atoms with Gasteiger partial charge in [-0.05, 0) is 43.3 Å². The van der Waals surface area contributed by atoms with E-state index in [-0.39, 0.29) is 11.7 Å². The van der Waals surface area contributed by atoms with Crippen LogP contribution in [0.3, 0.4) is 0 Å². The van der Waals surface area contributed by atoms with Crippen LogP contribution in [-0.2, 0) is 11.3 Å². The Kier molecular flexibility index (Phi) is 7.91. The number of amides is 1. The van der Waals surface area contributed by atoms with Crippen LogP contribution in [0, 0.1) is 0 Å². The Bertz CT molecular complexity index is 1070. The van der Waals surface area contributed by atoms with Gasteiger partial charge in [0.1, 0.15) is 11.5 Å². The highest BCUT2D eigenvalue weighted by Crippen LogP contribution is 2.25. The maximum absolute atomic E-state index is 12.2. The van der Waals surface area contributed by atoms with Crippen LogP contribution in [0.2, 0.25) is 5.02 Å². The summed E-state index contributed by atoms with van der Waals surface area (Å²) in [6.45, 7) is 2.67. The first kappa shape index (κ1) is 22.6. The number of carbonyl (C=O) groups excluding carboxylic acids is 1. The molecule has 1 amide bonds. The summed E-state index contributed by atoms with van der Waals surface area (Å²) in [5.41, 5.74) is 4.14. The summed E-state index contributed by atoms with van der Waals surface area (Å²) in [6.07, 6.45) is 1.52. The standard InChI is InChI=1S/C21H22ClN5O3S/c1-4-27-20(14-5-8-16(22)9-6-14)25-26-21(27)31-13-19(28)24-23-12-15-7-10-17(29-2)11-18(15)30-3/h5-12H,4,13H2,1-3H3,(H,24,28). The first-order valence-corrected chi connectivity index (χ1v) is 10.8. The van der Waals surface area contributed by atoms with Crippen molar-refractivity contribution in [1.82, 2.24) is 20.2 Å². The van der Waals surface area contributed by atoms with Gasteiger partial charge < -0.3 is 14.0 Å². The zero-order valence-electron chi connectivity index (χ0n) is 17.3. The second-order valence-electron chi connectivity index (χ2n) is 6.25. The van der Waals surface area contributed by atoms with Crippen LogP contribution in [0.1, 0.15) is 12.5 Å². The monoisotopic (exact) mass is 459 g/mol. The molecule has 0 spiro atoms. The van der Waals surface area contributed by atoms with Crippen LogP contribution < -0.4 is 14.9 Å². The number of rotatable bonds is 9. The molecule has 3 rings (SSSR count). The number of nitrogens with zero attached hydrogens (tertiary/aromatic N) is 4. The predicted octanol–water partition coefficient (Wildman–Crippen LogP) is 3.88. The Balaban J connectivity index is 1.60. The fraction of sp³-hybridized carbons (Fsp3) is 0.238. The molecular formula is C21H22ClN5O3S. The van der Waals surface area contributed by atoms with Gasteiger partial charge in [-0.15, -0.1) is 10.2 Å². The van der Waals surface area contributed by atoms with Crippen molar-refractivity contribution in [2.45, 2.75) is 18.6 Å². The number of halogens is 1. The number of thioether (sulfide) groups is 1. The van der Waals surface area contributed by atoms with E-state index in [1.807, 2.05) is 35.8 Å². The van der Waals surface area contributed by atoms with E-state index in [1.54, 1.807) is 32.4 Å². The second-order valence-corrected chi connectivity index (χ2v) is 7.63. The van der Waals surface area contributed by atoms with Crippen LogP contribution in [0.15, 0.2) is 52.7 Å². The lowest BCUT2D eigenvalue weighted by atomic mass is 10.2. The number of nitrogens with one attached hydrogen (secondary N) is 1. The summed E-state index contributed by atoms with van der Waals surface area (Å²) in [5, 5.41) is 13.8. The fourth-order valence-electron chi connectivity index (χ4n) is 2.75. The van der Waals surface area contributed by atoms with E-state index >= 15 is 0 Å². The zero-order chi connectivity index (χ0) is 22.2. The van der Waals surface area contributed by atoms with E-state index in [4.69, 9.17) is 21.1 Å². The van der Waals surface area contributed by atoms with Gasteiger partial charge in [0.25, 0.3) is 5.91 Å². The van der Waals surface area contributed by atoms with Crippen molar-refractivity contribution in [1.29, 1.82) is 0 Å². The number of hydrazone groups is 1. The van der Waals surface area contributed by atoms with E-state index in [9.17, 15) is 4.79 Å². The van der Waals surface area contributed by atoms with Crippen LogP contribution in [0.25, 0.3) is 11.4 Å². The van der Waals surface area contributed by atoms with E-state index in [0.717, 1.165) is 17.0 Å². The molecule has 1 aromatic heterocycles. The molecule has 10 heteroatoms. The van der Waals surface area contributed by atoms with Crippen molar-refractivity contribution < 1.29 is 14.3 Å². The average Bonchev–Trinajstić information content (AvgIpc) is 3.21. The molecule has 0 aliphatic rings. The Hall–Kier alpha value is -3.04. The normalized spacial score (nSPS) is 11.0. The van der Waals surface area contributed by atoms with E-state index in [0.29, 0.717) is 28.2 Å². The van der Waals surface area contributed by atoms with Crippen molar-refractivity contribution in [2.24, 2.45) is 5.10 Å². The minimum atomic E-state index is -0.257. The number of benzene rings is 2.